The molecule has 1 saturated carbocycles. The second kappa shape index (κ2) is 9.19. The van der Waals surface area contributed by atoms with E-state index in [-0.39, 0.29) is 30.2 Å². The summed E-state index contributed by atoms with van der Waals surface area (Å²) < 4.78 is 12.1. The van der Waals surface area contributed by atoms with E-state index in [1.807, 2.05) is 18.2 Å². The minimum absolute atomic E-state index is 0.150. The summed E-state index contributed by atoms with van der Waals surface area (Å²) in [6.07, 6.45) is 6.25. The van der Waals surface area contributed by atoms with Crippen LogP contribution in [0.5, 0.6) is 5.75 Å². The van der Waals surface area contributed by atoms with Gasteiger partial charge in [-0.1, -0.05) is 0 Å². The Bertz CT molecular complexity index is 896. The molecule has 1 unspecified atom stereocenters. The quantitative estimate of drug-likeness (QED) is 0.718. The lowest BCUT2D eigenvalue weighted by atomic mass is 10.0. The molecule has 0 bridgehead atoms. The molecular weight excluding hydrogens is 410 g/mol. The maximum absolute atomic E-state index is 12.9. The highest BCUT2D eigenvalue weighted by Crippen LogP contribution is 2.33. The van der Waals surface area contributed by atoms with Gasteiger partial charge in [-0.15, -0.1) is 0 Å². The second-order valence-corrected chi connectivity index (χ2v) is 9.23. The summed E-state index contributed by atoms with van der Waals surface area (Å²) in [5, 5.41) is 2.35. The lowest BCUT2D eigenvalue weighted by Crippen LogP contribution is -2.52. The predicted octanol–water partition coefficient (Wildman–Crippen LogP) is 1.86. The molecule has 4 aliphatic rings. The number of benzene rings is 1. The molecule has 1 aromatic rings. The highest BCUT2D eigenvalue weighted by Gasteiger charge is 2.39. The van der Waals surface area contributed by atoms with Crippen LogP contribution in [0.4, 0.5) is 0 Å². The summed E-state index contributed by atoms with van der Waals surface area (Å²) in [7, 11) is 0. The van der Waals surface area contributed by atoms with Gasteiger partial charge in [0.1, 0.15) is 17.9 Å². The molecule has 5 rings (SSSR count). The van der Waals surface area contributed by atoms with Crippen LogP contribution in [0.15, 0.2) is 18.2 Å². The molecule has 3 atom stereocenters. The van der Waals surface area contributed by atoms with E-state index in [0.717, 1.165) is 69.7 Å². The van der Waals surface area contributed by atoms with Crippen molar-refractivity contribution >= 4 is 17.7 Å². The van der Waals surface area contributed by atoms with Gasteiger partial charge in [-0.2, -0.15) is 0 Å². The molecule has 2 saturated heterocycles. The Morgan fingerprint density at radius 1 is 1.00 bits per heavy atom. The molecule has 0 aromatic heterocycles. The number of carbonyl (C=O) groups is 3. The van der Waals surface area contributed by atoms with Gasteiger partial charge in [-0.05, 0) is 62.3 Å². The Labute approximate surface area is 188 Å². The maximum atomic E-state index is 12.9. The highest BCUT2D eigenvalue weighted by atomic mass is 16.5. The standard InChI is InChI=1S/C24H31N3O5/c28-22-9-8-20(23(29)25-22)27-15-16-14-17(6-7-18(16)24(27)30)32-21-5-1-4-19(21)26-10-2-12-31-13-3-11-26/h6-7,14,19-21H,1-5,8-13,15H2,(H,25,28,29)/t19-,20?,21-/m1/s1. The van der Waals surface area contributed by atoms with Gasteiger partial charge in [0.2, 0.25) is 11.8 Å². The number of nitrogens with zero attached hydrogens (tertiary/aromatic N) is 2. The normalized spacial score (nSPS) is 29.4. The third-order valence-electron chi connectivity index (χ3n) is 7.14. The summed E-state index contributed by atoms with van der Waals surface area (Å²) in [5.41, 5.74) is 1.50. The number of carbonyl (C=O) groups excluding carboxylic acids is 3. The Morgan fingerprint density at radius 3 is 2.59 bits per heavy atom. The summed E-state index contributed by atoms with van der Waals surface area (Å²) >= 11 is 0. The number of hydrogen-bond acceptors (Lipinski definition) is 6. The molecule has 32 heavy (non-hydrogen) atoms. The van der Waals surface area contributed by atoms with Crippen molar-refractivity contribution in [3.8, 4) is 5.75 Å². The van der Waals surface area contributed by atoms with Crippen molar-refractivity contribution in [2.24, 2.45) is 0 Å². The summed E-state index contributed by atoms with van der Waals surface area (Å²) in [4.78, 5) is 40.8. The second-order valence-electron chi connectivity index (χ2n) is 9.23. The van der Waals surface area contributed by atoms with E-state index in [9.17, 15) is 14.4 Å². The Balaban J connectivity index is 1.27. The molecule has 1 aliphatic carbocycles. The van der Waals surface area contributed by atoms with Crippen LogP contribution in [0.1, 0.15) is 60.9 Å². The number of hydrogen-bond donors (Lipinski definition) is 1. The third kappa shape index (κ3) is 4.26. The molecule has 1 aromatic carbocycles. The van der Waals surface area contributed by atoms with Gasteiger partial charge < -0.3 is 14.4 Å². The van der Waals surface area contributed by atoms with Crippen molar-refractivity contribution < 1.29 is 23.9 Å². The zero-order chi connectivity index (χ0) is 22.1. The lowest BCUT2D eigenvalue weighted by molar-refractivity contribution is -0.136. The van der Waals surface area contributed by atoms with Crippen LogP contribution in [0.25, 0.3) is 0 Å². The SMILES string of the molecule is O=C1CCC(N2Cc3cc(O[C@@H]4CCC[C@H]4N4CCCOCCC4)ccc3C2=O)C(=O)N1. The van der Waals surface area contributed by atoms with Gasteiger partial charge in [0, 0.05) is 50.9 Å². The predicted molar refractivity (Wildman–Crippen MR) is 116 cm³/mol. The summed E-state index contributed by atoms with van der Waals surface area (Å²) in [5.74, 6) is -0.0207. The molecule has 0 spiro atoms. The minimum Gasteiger partial charge on any atom is -0.489 e. The van der Waals surface area contributed by atoms with Gasteiger partial charge >= 0.3 is 0 Å². The molecule has 0 radical (unpaired) electrons. The first kappa shape index (κ1) is 21.4. The van der Waals surface area contributed by atoms with Gasteiger partial charge in [-0.3, -0.25) is 24.6 Å². The van der Waals surface area contributed by atoms with Crippen LogP contribution in [0.2, 0.25) is 0 Å². The van der Waals surface area contributed by atoms with Crippen molar-refractivity contribution in [3.63, 3.8) is 0 Å². The lowest BCUT2D eigenvalue weighted by Gasteiger charge is -2.34. The first-order valence-corrected chi connectivity index (χ1v) is 11.9. The van der Waals surface area contributed by atoms with E-state index in [0.29, 0.717) is 24.6 Å². The van der Waals surface area contributed by atoms with E-state index in [4.69, 9.17) is 9.47 Å². The topological polar surface area (TPSA) is 88.2 Å². The molecule has 172 valence electrons. The van der Waals surface area contributed by atoms with Crippen LogP contribution < -0.4 is 10.1 Å². The monoisotopic (exact) mass is 441 g/mol. The molecule has 8 nitrogen and oxygen atoms in total. The van der Waals surface area contributed by atoms with Crippen molar-refractivity contribution in [1.82, 2.24) is 15.1 Å². The van der Waals surface area contributed by atoms with Crippen LogP contribution in [0.3, 0.4) is 0 Å². The van der Waals surface area contributed by atoms with Crippen LogP contribution in [0, 0.1) is 0 Å². The Kier molecular flexibility index (Phi) is 6.15. The number of rotatable bonds is 4. The van der Waals surface area contributed by atoms with E-state index in [1.54, 1.807) is 4.90 Å². The number of fused-ring (bicyclic) bond motifs is 1. The van der Waals surface area contributed by atoms with Crippen molar-refractivity contribution in [2.75, 3.05) is 26.3 Å². The molecule has 1 N–H and O–H groups in total. The highest BCUT2D eigenvalue weighted by molar-refractivity contribution is 6.05. The van der Waals surface area contributed by atoms with Gasteiger partial charge in [-0.25, -0.2) is 0 Å². The first-order valence-electron chi connectivity index (χ1n) is 11.9. The molecule has 3 fully saturated rings. The van der Waals surface area contributed by atoms with E-state index in [2.05, 4.69) is 10.2 Å². The summed E-state index contributed by atoms with van der Waals surface area (Å²) in [6.45, 7) is 4.13. The van der Waals surface area contributed by atoms with E-state index < -0.39 is 6.04 Å². The number of piperidine rings is 1. The van der Waals surface area contributed by atoms with E-state index >= 15 is 0 Å². The van der Waals surface area contributed by atoms with Gasteiger partial charge in [0.15, 0.2) is 0 Å². The molecule has 3 amide bonds. The largest absolute Gasteiger partial charge is 0.489 e. The van der Waals surface area contributed by atoms with Crippen molar-refractivity contribution in [1.29, 1.82) is 0 Å². The first-order chi connectivity index (χ1) is 15.6. The molecule has 3 heterocycles. The fourth-order valence-corrected chi connectivity index (χ4v) is 5.55. The fourth-order valence-electron chi connectivity index (χ4n) is 5.55. The average molecular weight is 442 g/mol. The van der Waals surface area contributed by atoms with Crippen molar-refractivity contribution in [3.05, 3.63) is 29.3 Å². The van der Waals surface area contributed by atoms with Crippen LogP contribution in [-0.4, -0.2) is 72.0 Å². The smallest absolute Gasteiger partial charge is 0.255 e. The van der Waals surface area contributed by atoms with Gasteiger partial charge in [0.25, 0.3) is 5.91 Å². The molecule has 3 aliphatic heterocycles. The molecule has 8 heteroatoms. The van der Waals surface area contributed by atoms with E-state index in [1.165, 1.54) is 0 Å². The minimum atomic E-state index is -0.590. The van der Waals surface area contributed by atoms with Crippen LogP contribution in [-0.2, 0) is 20.9 Å². The summed E-state index contributed by atoms with van der Waals surface area (Å²) in [6, 6.07) is 5.48. The maximum Gasteiger partial charge on any atom is 0.255 e. The number of amides is 3. The Hall–Kier alpha value is -2.45. The van der Waals surface area contributed by atoms with Gasteiger partial charge in [0.05, 0.1) is 0 Å². The van der Waals surface area contributed by atoms with Crippen LogP contribution >= 0.6 is 0 Å². The average Bonchev–Trinajstić information content (AvgIpc) is 3.32. The zero-order valence-electron chi connectivity index (χ0n) is 18.4. The fraction of sp³-hybridized carbons (Fsp3) is 0.625. The number of nitrogens with one attached hydrogen (secondary N) is 1. The number of ether oxygens (including phenoxy) is 2. The third-order valence-corrected chi connectivity index (χ3v) is 7.14. The Morgan fingerprint density at radius 2 is 1.81 bits per heavy atom. The number of imide groups is 1. The molecular formula is C24H31N3O5. The zero-order valence-corrected chi connectivity index (χ0v) is 18.4. The van der Waals surface area contributed by atoms with Crippen molar-refractivity contribution in [2.45, 2.75) is 69.7 Å².